The SMILES string of the molecule is CCCCC/C=C\CC[N+](=O)[O-]. The molecule has 0 saturated heterocycles. The molecule has 3 nitrogen and oxygen atoms in total. The number of rotatable bonds is 7. The van der Waals surface area contributed by atoms with E-state index in [0.29, 0.717) is 6.42 Å². The van der Waals surface area contributed by atoms with Gasteiger partial charge in [-0.25, -0.2) is 0 Å². The second kappa shape index (κ2) is 8.24. The van der Waals surface area contributed by atoms with Gasteiger partial charge in [-0.2, -0.15) is 0 Å². The van der Waals surface area contributed by atoms with E-state index in [9.17, 15) is 10.1 Å². The Hall–Kier alpha value is -0.860. The lowest BCUT2D eigenvalue weighted by Crippen LogP contribution is -1.97. The van der Waals surface area contributed by atoms with E-state index in [1.807, 2.05) is 12.2 Å². The van der Waals surface area contributed by atoms with Crippen molar-refractivity contribution < 1.29 is 4.92 Å². The Balaban J connectivity index is 3.09. The quantitative estimate of drug-likeness (QED) is 0.256. The molecule has 12 heavy (non-hydrogen) atoms. The summed E-state index contributed by atoms with van der Waals surface area (Å²) in [6.07, 6.45) is 9.25. The summed E-state index contributed by atoms with van der Waals surface area (Å²) in [6, 6.07) is 0. The highest BCUT2D eigenvalue weighted by atomic mass is 16.6. The van der Waals surface area contributed by atoms with Gasteiger partial charge < -0.3 is 0 Å². The summed E-state index contributed by atoms with van der Waals surface area (Å²) in [6.45, 7) is 2.22. The van der Waals surface area contributed by atoms with E-state index in [1.54, 1.807) is 0 Å². The van der Waals surface area contributed by atoms with Crippen molar-refractivity contribution >= 4 is 0 Å². The highest BCUT2D eigenvalue weighted by Gasteiger charge is 1.90. The van der Waals surface area contributed by atoms with Crippen molar-refractivity contribution in [3.63, 3.8) is 0 Å². The fraction of sp³-hybridized carbons (Fsp3) is 0.778. The predicted octanol–water partition coefficient (Wildman–Crippen LogP) is 2.79. The predicted molar refractivity (Wildman–Crippen MR) is 49.8 cm³/mol. The number of allylic oxidation sites excluding steroid dienone is 1. The van der Waals surface area contributed by atoms with E-state index < -0.39 is 0 Å². The number of unbranched alkanes of at least 4 members (excludes halogenated alkanes) is 3. The van der Waals surface area contributed by atoms with E-state index in [4.69, 9.17) is 0 Å². The Morgan fingerprint density at radius 1 is 1.25 bits per heavy atom. The van der Waals surface area contributed by atoms with Crippen molar-refractivity contribution in [2.75, 3.05) is 6.54 Å². The third-order valence-electron chi connectivity index (χ3n) is 1.62. The van der Waals surface area contributed by atoms with Crippen molar-refractivity contribution in [2.45, 2.75) is 39.0 Å². The summed E-state index contributed by atoms with van der Waals surface area (Å²) < 4.78 is 0. The van der Waals surface area contributed by atoms with E-state index >= 15 is 0 Å². The molecule has 0 heterocycles. The zero-order valence-corrected chi connectivity index (χ0v) is 7.66. The maximum atomic E-state index is 9.91. The molecule has 0 N–H and O–H groups in total. The lowest BCUT2D eigenvalue weighted by Gasteiger charge is -1.91. The zero-order chi connectivity index (χ0) is 9.23. The Labute approximate surface area is 73.6 Å². The Bertz CT molecular complexity index is 143. The van der Waals surface area contributed by atoms with E-state index in [0.717, 1.165) is 6.42 Å². The largest absolute Gasteiger partial charge is 0.265 e. The molecule has 0 aliphatic rings. The fourth-order valence-electron chi connectivity index (χ4n) is 0.928. The summed E-state index contributed by atoms with van der Waals surface area (Å²) in [4.78, 5) is 9.62. The van der Waals surface area contributed by atoms with Crippen LogP contribution < -0.4 is 0 Å². The van der Waals surface area contributed by atoms with Crippen molar-refractivity contribution in [3.8, 4) is 0 Å². The molecule has 0 amide bonds. The molecule has 0 aliphatic heterocycles. The first-order valence-electron chi connectivity index (χ1n) is 4.54. The Kier molecular flexibility index (Phi) is 7.65. The van der Waals surface area contributed by atoms with Gasteiger partial charge in [0.2, 0.25) is 6.54 Å². The molecule has 0 rings (SSSR count). The number of nitrogens with zero attached hydrogens (tertiary/aromatic N) is 1. The third-order valence-corrected chi connectivity index (χ3v) is 1.62. The first-order chi connectivity index (χ1) is 5.77. The van der Waals surface area contributed by atoms with Gasteiger partial charge in [0.15, 0.2) is 0 Å². The van der Waals surface area contributed by atoms with Crippen molar-refractivity contribution in [1.82, 2.24) is 0 Å². The van der Waals surface area contributed by atoms with Gasteiger partial charge >= 0.3 is 0 Å². The average molecular weight is 171 g/mol. The van der Waals surface area contributed by atoms with Crippen LogP contribution in [0.3, 0.4) is 0 Å². The molecule has 0 unspecified atom stereocenters. The fourth-order valence-corrected chi connectivity index (χ4v) is 0.928. The standard InChI is InChI=1S/C9H17NO2/c1-2-3-4-5-6-7-8-9-10(11)12/h6-7H,2-5,8-9H2,1H3/b7-6-. The van der Waals surface area contributed by atoms with E-state index in [1.165, 1.54) is 19.3 Å². The van der Waals surface area contributed by atoms with Crippen LogP contribution in [-0.2, 0) is 0 Å². The lowest BCUT2D eigenvalue weighted by molar-refractivity contribution is -0.478. The minimum atomic E-state index is -0.281. The summed E-state index contributed by atoms with van der Waals surface area (Å²) in [5, 5.41) is 9.91. The molecular weight excluding hydrogens is 154 g/mol. The highest BCUT2D eigenvalue weighted by Crippen LogP contribution is 1.99. The molecule has 0 bridgehead atoms. The first-order valence-corrected chi connectivity index (χ1v) is 4.54. The monoisotopic (exact) mass is 171 g/mol. The molecule has 70 valence electrons. The second-order valence-electron chi connectivity index (χ2n) is 2.81. The smallest absolute Gasteiger partial charge is 0.207 e. The average Bonchev–Trinajstić information content (AvgIpc) is 2.02. The normalized spacial score (nSPS) is 10.8. The van der Waals surface area contributed by atoms with Crippen LogP contribution in [0.25, 0.3) is 0 Å². The highest BCUT2D eigenvalue weighted by molar-refractivity contribution is 4.80. The van der Waals surface area contributed by atoms with Crippen LogP contribution >= 0.6 is 0 Å². The van der Waals surface area contributed by atoms with Crippen LogP contribution in [0.1, 0.15) is 39.0 Å². The van der Waals surface area contributed by atoms with Crippen molar-refractivity contribution in [3.05, 3.63) is 22.3 Å². The maximum Gasteiger partial charge on any atom is 0.207 e. The van der Waals surface area contributed by atoms with Crippen LogP contribution in [0.15, 0.2) is 12.2 Å². The summed E-state index contributed by atoms with van der Waals surface area (Å²) in [5.74, 6) is 0. The molecule has 0 spiro atoms. The molecule has 3 heteroatoms. The summed E-state index contributed by atoms with van der Waals surface area (Å²) in [7, 11) is 0. The number of nitro groups is 1. The van der Waals surface area contributed by atoms with Gasteiger partial charge in [0.1, 0.15) is 0 Å². The third kappa shape index (κ3) is 9.14. The van der Waals surface area contributed by atoms with Gasteiger partial charge in [0.05, 0.1) is 0 Å². The first kappa shape index (κ1) is 11.1. The number of hydrogen-bond donors (Lipinski definition) is 0. The van der Waals surface area contributed by atoms with Gasteiger partial charge in [-0.3, -0.25) is 10.1 Å². The lowest BCUT2D eigenvalue weighted by atomic mass is 10.2. The van der Waals surface area contributed by atoms with Crippen LogP contribution in [0.4, 0.5) is 0 Å². The topological polar surface area (TPSA) is 43.1 Å². The van der Waals surface area contributed by atoms with Crippen LogP contribution in [0.5, 0.6) is 0 Å². The second-order valence-corrected chi connectivity index (χ2v) is 2.81. The molecule has 0 radical (unpaired) electrons. The van der Waals surface area contributed by atoms with Crippen molar-refractivity contribution in [2.24, 2.45) is 0 Å². The van der Waals surface area contributed by atoms with Crippen LogP contribution in [0.2, 0.25) is 0 Å². The summed E-state index contributed by atoms with van der Waals surface area (Å²) >= 11 is 0. The van der Waals surface area contributed by atoms with Crippen LogP contribution in [0, 0.1) is 10.1 Å². The van der Waals surface area contributed by atoms with Gasteiger partial charge in [-0.1, -0.05) is 31.9 Å². The maximum absolute atomic E-state index is 9.91. The number of hydrogen-bond acceptors (Lipinski definition) is 2. The molecule has 0 saturated carbocycles. The molecule has 0 aliphatic carbocycles. The van der Waals surface area contributed by atoms with Crippen LogP contribution in [-0.4, -0.2) is 11.5 Å². The van der Waals surface area contributed by atoms with E-state index in [2.05, 4.69) is 6.92 Å². The van der Waals surface area contributed by atoms with Gasteiger partial charge in [-0.05, 0) is 12.8 Å². The Morgan fingerprint density at radius 3 is 2.50 bits per heavy atom. The van der Waals surface area contributed by atoms with Crippen molar-refractivity contribution in [1.29, 1.82) is 0 Å². The van der Waals surface area contributed by atoms with Gasteiger partial charge in [0, 0.05) is 11.3 Å². The van der Waals surface area contributed by atoms with E-state index in [-0.39, 0.29) is 11.5 Å². The van der Waals surface area contributed by atoms with Gasteiger partial charge in [-0.15, -0.1) is 0 Å². The van der Waals surface area contributed by atoms with Gasteiger partial charge in [0.25, 0.3) is 0 Å². The minimum Gasteiger partial charge on any atom is -0.265 e. The molecule has 0 atom stereocenters. The summed E-state index contributed by atoms with van der Waals surface area (Å²) in [5.41, 5.74) is 0. The minimum absolute atomic E-state index is 0.0598. The Morgan fingerprint density at radius 2 is 1.92 bits per heavy atom. The molecule has 0 aromatic heterocycles. The molecule has 0 fully saturated rings. The molecule has 0 aromatic carbocycles. The zero-order valence-electron chi connectivity index (χ0n) is 7.66. The molecule has 0 aromatic rings. The molecular formula is C9H17NO2.